The summed E-state index contributed by atoms with van der Waals surface area (Å²) in [5, 5.41) is 16.1. The first-order valence-corrected chi connectivity index (χ1v) is 12.2. The van der Waals surface area contributed by atoms with E-state index in [-0.39, 0.29) is 23.4 Å². The van der Waals surface area contributed by atoms with Gasteiger partial charge in [-0.25, -0.2) is 9.36 Å². The number of amides is 2. The van der Waals surface area contributed by atoms with Gasteiger partial charge in [0.05, 0.1) is 29.7 Å². The molecule has 2 aromatic rings. The van der Waals surface area contributed by atoms with Gasteiger partial charge in [0.15, 0.2) is 5.82 Å². The van der Waals surface area contributed by atoms with Crippen molar-refractivity contribution in [2.75, 3.05) is 0 Å². The van der Waals surface area contributed by atoms with Crippen molar-refractivity contribution in [1.29, 1.82) is 0 Å². The van der Waals surface area contributed by atoms with Gasteiger partial charge in [0.1, 0.15) is 5.56 Å². The van der Waals surface area contributed by atoms with Gasteiger partial charge in [-0.05, 0) is 69.1 Å². The van der Waals surface area contributed by atoms with Gasteiger partial charge < -0.3 is 10.6 Å². The van der Waals surface area contributed by atoms with E-state index in [1.165, 1.54) is 6.42 Å². The minimum absolute atomic E-state index is 0.0541. The summed E-state index contributed by atoms with van der Waals surface area (Å²) in [6.07, 6.45) is 13.5. The van der Waals surface area contributed by atoms with Crippen molar-refractivity contribution in [3.05, 3.63) is 29.2 Å². The molecule has 5 aliphatic rings. The van der Waals surface area contributed by atoms with E-state index in [0.29, 0.717) is 40.2 Å². The second-order valence-corrected chi connectivity index (χ2v) is 10.9. The molecule has 2 amide bonds. The van der Waals surface area contributed by atoms with Crippen LogP contribution >= 0.6 is 11.6 Å². The number of nitrogens with one attached hydrogen (secondary N) is 2. The normalized spacial score (nSPS) is 33.2. The van der Waals surface area contributed by atoms with Crippen LogP contribution in [0.1, 0.15) is 74.7 Å². The molecule has 170 valence electrons. The summed E-state index contributed by atoms with van der Waals surface area (Å²) in [5.74, 6) is 2.11. The van der Waals surface area contributed by atoms with Crippen LogP contribution in [-0.4, -0.2) is 43.0 Å². The fourth-order valence-corrected chi connectivity index (χ4v) is 7.21. The highest BCUT2D eigenvalue weighted by Crippen LogP contribution is 2.55. The molecular formula is C23H29ClN6O2. The average molecular weight is 457 g/mol. The summed E-state index contributed by atoms with van der Waals surface area (Å²) in [4.78, 5) is 25.4. The Labute approximate surface area is 192 Å². The lowest BCUT2D eigenvalue weighted by Crippen LogP contribution is -2.66. The Balaban J connectivity index is 1.27. The smallest absolute Gasteiger partial charge is 0.256 e. The van der Waals surface area contributed by atoms with Gasteiger partial charge >= 0.3 is 0 Å². The third-order valence-electron chi connectivity index (χ3n) is 8.21. The van der Waals surface area contributed by atoms with E-state index in [9.17, 15) is 9.59 Å². The minimum atomic E-state index is -0.0942. The van der Waals surface area contributed by atoms with Crippen molar-refractivity contribution in [3.8, 4) is 5.82 Å². The third-order valence-corrected chi connectivity index (χ3v) is 8.41. The zero-order valence-corrected chi connectivity index (χ0v) is 19.0. The van der Waals surface area contributed by atoms with Crippen LogP contribution in [0.4, 0.5) is 0 Å². The number of rotatable bonds is 5. The molecular weight excluding hydrogens is 428 g/mol. The van der Waals surface area contributed by atoms with Crippen molar-refractivity contribution in [2.24, 2.45) is 17.8 Å². The van der Waals surface area contributed by atoms with E-state index < -0.39 is 0 Å². The van der Waals surface area contributed by atoms with Gasteiger partial charge in [0.2, 0.25) is 5.91 Å². The van der Waals surface area contributed by atoms with Gasteiger partial charge in [-0.15, -0.1) is 0 Å². The summed E-state index contributed by atoms with van der Waals surface area (Å²) in [7, 11) is 0. The molecule has 5 fully saturated rings. The lowest BCUT2D eigenvalue weighted by atomic mass is 9.51. The molecule has 0 aliphatic heterocycles. The molecule has 0 radical (unpaired) electrons. The minimum Gasteiger partial charge on any atom is -0.351 e. The Morgan fingerprint density at radius 3 is 2.47 bits per heavy atom. The second-order valence-electron chi connectivity index (χ2n) is 10.4. The SMILES string of the molecule is CC(=O)NC12CC3CC(C1)C(NC(=O)c1cnn(C4CCC4)c1-n1cc(Cl)cn1)C(C3)C2. The predicted octanol–water partition coefficient (Wildman–Crippen LogP) is 3.26. The largest absolute Gasteiger partial charge is 0.351 e. The number of carbonyl (C=O) groups is 2. The summed E-state index contributed by atoms with van der Waals surface area (Å²) in [5.41, 5.74) is 0.470. The maximum atomic E-state index is 13.5. The van der Waals surface area contributed by atoms with E-state index in [4.69, 9.17) is 11.6 Å². The first-order chi connectivity index (χ1) is 15.4. The Hall–Kier alpha value is -2.35. The molecule has 2 N–H and O–H groups in total. The highest BCUT2D eigenvalue weighted by molar-refractivity contribution is 6.30. The lowest BCUT2D eigenvalue weighted by molar-refractivity contribution is -0.125. The number of hydrogen-bond donors (Lipinski definition) is 2. The van der Waals surface area contributed by atoms with Crippen LogP contribution in [0.2, 0.25) is 5.02 Å². The molecule has 32 heavy (non-hydrogen) atoms. The van der Waals surface area contributed by atoms with Crippen LogP contribution in [-0.2, 0) is 4.79 Å². The van der Waals surface area contributed by atoms with Gasteiger partial charge in [-0.2, -0.15) is 10.2 Å². The molecule has 2 aromatic heterocycles. The zero-order valence-electron chi connectivity index (χ0n) is 18.3. The third kappa shape index (κ3) is 3.26. The molecule has 7 rings (SSSR count). The number of carbonyl (C=O) groups excluding carboxylic acids is 2. The molecule has 0 aromatic carbocycles. The van der Waals surface area contributed by atoms with Crippen LogP contribution in [0.15, 0.2) is 18.6 Å². The van der Waals surface area contributed by atoms with Crippen LogP contribution in [0.3, 0.4) is 0 Å². The Bertz CT molecular complexity index is 1060. The summed E-state index contributed by atoms with van der Waals surface area (Å²) in [6, 6.07) is 0.440. The van der Waals surface area contributed by atoms with Crippen LogP contribution in [0, 0.1) is 17.8 Å². The molecule has 5 aliphatic carbocycles. The number of halogens is 1. The predicted molar refractivity (Wildman–Crippen MR) is 119 cm³/mol. The standard InChI is InChI=1S/C23H29ClN6O2/c1-13(31)28-23-7-14-5-15(8-23)20(16(6-14)9-23)27-21(32)19-11-26-30(18-3-2-4-18)22(19)29-12-17(24)10-25-29/h10-12,14-16,18,20H,2-9H2,1H3,(H,27,32)(H,28,31). The zero-order chi connectivity index (χ0) is 22.0. The van der Waals surface area contributed by atoms with E-state index >= 15 is 0 Å². The van der Waals surface area contributed by atoms with Crippen molar-refractivity contribution >= 4 is 23.4 Å². The van der Waals surface area contributed by atoms with Crippen molar-refractivity contribution in [1.82, 2.24) is 30.2 Å². The van der Waals surface area contributed by atoms with Crippen LogP contribution in [0.5, 0.6) is 0 Å². The monoisotopic (exact) mass is 456 g/mol. The summed E-state index contributed by atoms with van der Waals surface area (Å²) in [6.45, 7) is 1.61. The van der Waals surface area contributed by atoms with Crippen molar-refractivity contribution in [2.45, 2.75) is 75.9 Å². The van der Waals surface area contributed by atoms with Crippen molar-refractivity contribution in [3.63, 3.8) is 0 Å². The highest BCUT2D eigenvalue weighted by Gasteiger charge is 2.56. The van der Waals surface area contributed by atoms with Crippen LogP contribution in [0.25, 0.3) is 5.82 Å². The van der Waals surface area contributed by atoms with Crippen LogP contribution < -0.4 is 10.6 Å². The molecule has 0 saturated heterocycles. The molecule has 4 bridgehead atoms. The van der Waals surface area contributed by atoms with E-state index in [1.807, 2.05) is 4.68 Å². The van der Waals surface area contributed by atoms with Gasteiger partial charge in [0, 0.05) is 18.5 Å². The first kappa shape index (κ1) is 20.3. The van der Waals surface area contributed by atoms with Gasteiger partial charge in [-0.1, -0.05) is 11.6 Å². The first-order valence-electron chi connectivity index (χ1n) is 11.8. The highest BCUT2D eigenvalue weighted by atomic mass is 35.5. The van der Waals surface area contributed by atoms with Gasteiger partial charge in [0.25, 0.3) is 5.91 Å². The Morgan fingerprint density at radius 1 is 1.12 bits per heavy atom. The molecule has 0 spiro atoms. The summed E-state index contributed by atoms with van der Waals surface area (Å²) >= 11 is 6.13. The maximum absolute atomic E-state index is 13.5. The maximum Gasteiger partial charge on any atom is 0.256 e. The molecule has 9 heteroatoms. The molecule has 5 saturated carbocycles. The van der Waals surface area contributed by atoms with E-state index in [0.717, 1.165) is 44.9 Å². The molecule has 2 unspecified atom stereocenters. The summed E-state index contributed by atoms with van der Waals surface area (Å²) < 4.78 is 3.61. The average Bonchev–Trinajstić information content (AvgIpc) is 3.28. The molecule has 2 heterocycles. The number of aromatic nitrogens is 4. The topological polar surface area (TPSA) is 93.8 Å². The molecule has 8 nitrogen and oxygen atoms in total. The molecule has 2 atom stereocenters. The Kier molecular flexibility index (Phi) is 4.65. The second kappa shape index (κ2) is 7.33. The van der Waals surface area contributed by atoms with E-state index in [1.54, 1.807) is 30.2 Å². The number of hydrogen-bond acceptors (Lipinski definition) is 4. The van der Waals surface area contributed by atoms with Crippen molar-refractivity contribution < 1.29 is 9.59 Å². The fourth-order valence-electron chi connectivity index (χ4n) is 7.08. The van der Waals surface area contributed by atoms with Gasteiger partial charge in [-0.3, -0.25) is 9.59 Å². The Morgan fingerprint density at radius 2 is 1.88 bits per heavy atom. The van der Waals surface area contributed by atoms with E-state index in [2.05, 4.69) is 20.8 Å². The number of nitrogens with zero attached hydrogens (tertiary/aromatic N) is 4. The quantitative estimate of drug-likeness (QED) is 0.722. The fraction of sp³-hybridized carbons (Fsp3) is 0.652. The lowest BCUT2D eigenvalue weighted by Gasteiger charge is -2.60.